The third-order valence-corrected chi connectivity index (χ3v) is 7.62. The summed E-state index contributed by atoms with van der Waals surface area (Å²) in [5.41, 5.74) is 7.64. The fourth-order valence-corrected chi connectivity index (χ4v) is 5.81. The second kappa shape index (κ2) is 8.29. The molecule has 0 N–H and O–H groups in total. The van der Waals surface area contributed by atoms with Crippen LogP contribution in [0.2, 0.25) is 0 Å². The molecule has 1 atom stereocenters. The Labute approximate surface area is 219 Å². The maximum Gasteiger partial charge on any atom is 0.231 e. The highest BCUT2D eigenvalue weighted by Gasteiger charge is 2.31. The van der Waals surface area contributed by atoms with Crippen molar-refractivity contribution in [2.75, 3.05) is 6.61 Å². The third-order valence-electron chi connectivity index (χ3n) is 7.62. The van der Waals surface area contributed by atoms with Crippen molar-refractivity contribution in [2.45, 2.75) is 6.04 Å². The quantitative estimate of drug-likeness (QED) is 0.247. The van der Waals surface area contributed by atoms with Gasteiger partial charge in [-0.3, -0.25) is 4.57 Å². The molecule has 0 spiro atoms. The Morgan fingerprint density at radius 2 is 1.26 bits per heavy atom. The number of nitrogens with zero attached hydrogens (tertiary/aromatic N) is 3. The van der Waals surface area contributed by atoms with E-state index >= 15 is 0 Å². The van der Waals surface area contributed by atoms with Crippen LogP contribution in [0.25, 0.3) is 43.7 Å². The molecule has 8 rings (SSSR count). The van der Waals surface area contributed by atoms with Crippen LogP contribution < -0.4 is 0 Å². The third kappa shape index (κ3) is 3.17. The van der Waals surface area contributed by atoms with Crippen LogP contribution in [0.3, 0.4) is 0 Å². The molecule has 0 saturated heterocycles. The van der Waals surface area contributed by atoms with Gasteiger partial charge in [-0.05, 0) is 34.0 Å². The first-order valence-electron chi connectivity index (χ1n) is 12.9. The Hall–Kier alpha value is -4.96. The molecule has 2 aliphatic rings. The van der Waals surface area contributed by atoms with E-state index in [1.165, 1.54) is 32.7 Å². The monoisotopic (exact) mass is 489 g/mol. The molecule has 6 aromatic rings. The van der Waals surface area contributed by atoms with Gasteiger partial charge in [-0.25, -0.2) is 9.98 Å². The van der Waals surface area contributed by atoms with Crippen molar-refractivity contribution in [1.29, 1.82) is 0 Å². The number of para-hydroxylation sites is 2. The summed E-state index contributed by atoms with van der Waals surface area (Å²) in [6.07, 6.45) is 1.83. The highest BCUT2D eigenvalue weighted by molar-refractivity contribution is 6.22. The van der Waals surface area contributed by atoms with Gasteiger partial charge in [0.05, 0.1) is 23.0 Å². The van der Waals surface area contributed by atoms with Gasteiger partial charge in [0.2, 0.25) is 5.96 Å². The molecule has 180 valence electrons. The SMILES string of the molecule is C1=C2C(c3ccc(-c4cccc5ccccc45)cc3)=NC(n3c4ccccc4c4ccccc43)=NC2CO1. The Balaban J connectivity index is 1.27. The molecular formula is C34H23N3O. The topological polar surface area (TPSA) is 38.9 Å². The smallest absolute Gasteiger partial charge is 0.231 e. The van der Waals surface area contributed by atoms with Crippen molar-refractivity contribution in [3.63, 3.8) is 0 Å². The van der Waals surface area contributed by atoms with Gasteiger partial charge >= 0.3 is 0 Å². The van der Waals surface area contributed by atoms with E-state index in [-0.39, 0.29) is 6.04 Å². The van der Waals surface area contributed by atoms with Crippen LogP contribution >= 0.6 is 0 Å². The van der Waals surface area contributed by atoms with E-state index in [4.69, 9.17) is 14.7 Å². The van der Waals surface area contributed by atoms with Crippen molar-refractivity contribution >= 4 is 44.2 Å². The first-order chi connectivity index (χ1) is 18.8. The van der Waals surface area contributed by atoms with Crippen LogP contribution in [-0.2, 0) is 4.74 Å². The van der Waals surface area contributed by atoms with E-state index < -0.39 is 0 Å². The van der Waals surface area contributed by atoms with Gasteiger partial charge in [0.1, 0.15) is 12.6 Å². The molecular weight excluding hydrogens is 466 g/mol. The molecule has 1 unspecified atom stereocenters. The zero-order chi connectivity index (χ0) is 25.1. The number of benzene rings is 5. The minimum Gasteiger partial charge on any atom is -0.498 e. The van der Waals surface area contributed by atoms with Crippen LogP contribution in [-0.4, -0.2) is 28.9 Å². The van der Waals surface area contributed by atoms with Crippen molar-refractivity contribution in [1.82, 2.24) is 4.57 Å². The molecule has 38 heavy (non-hydrogen) atoms. The van der Waals surface area contributed by atoms with E-state index in [1.54, 1.807) is 0 Å². The molecule has 0 aliphatic carbocycles. The number of rotatable bonds is 2. The Morgan fingerprint density at radius 1 is 0.632 bits per heavy atom. The summed E-state index contributed by atoms with van der Waals surface area (Å²) in [7, 11) is 0. The van der Waals surface area contributed by atoms with Gasteiger partial charge in [-0.1, -0.05) is 103 Å². The number of hydrogen-bond acceptors (Lipinski definition) is 3. The molecule has 4 heteroatoms. The van der Waals surface area contributed by atoms with Gasteiger partial charge in [0.15, 0.2) is 0 Å². The number of aliphatic imine (C=N–C) groups is 2. The van der Waals surface area contributed by atoms with Crippen LogP contribution in [0.4, 0.5) is 0 Å². The fourth-order valence-electron chi connectivity index (χ4n) is 5.81. The lowest BCUT2D eigenvalue weighted by Gasteiger charge is -2.20. The summed E-state index contributed by atoms with van der Waals surface area (Å²) in [6, 6.07) is 40.6. The molecule has 2 aliphatic heterocycles. The van der Waals surface area contributed by atoms with Crippen LogP contribution in [0.5, 0.6) is 0 Å². The second-order valence-electron chi connectivity index (χ2n) is 9.79. The van der Waals surface area contributed by atoms with E-state index in [9.17, 15) is 0 Å². The molecule has 1 aromatic heterocycles. The van der Waals surface area contributed by atoms with Crippen LogP contribution in [0.1, 0.15) is 5.56 Å². The molecule has 0 fully saturated rings. The second-order valence-corrected chi connectivity index (χ2v) is 9.79. The highest BCUT2D eigenvalue weighted by Crippen LogP contribution is 2.33. The molecule has 0 amide bonds. The molecule has 0 radical (unpaired) electrons. The summed E-state index contributed by atoms with van der Waals surface area (Å²) in [6.45, 7) is 0.531. The normalized spacial score (nSPS) is 16.7. The van der Waals surface area contributed by atoms with Crippen LogP contribution in [0.15, 0.2) is 137 Å². The fraction of sp³-hybridized carbons (Fsp3) is 0.0588. The minimum atomic E-state index is -0.0739. The highest BCUT2D eigenvalue weighted by atomic mass is 16.5. The van der Waals surface area contributed by atoms with Crippen LogP contribution in [0, 0.1) is 0 Å². The number of aromatic nitrogens is 1. The lowest BCUT2D eigenvalue weighted by Crippen LogP contribution is -2.27. The first kappa shape index (κ1) is 21.2. The maximum atomic E-state index is 5.77. The summed E-state index contributed by atoms with van der Waals surface area (Å²) in [5, 5.41) is 4.90. The van der Waals surface area contributed by atoms with Gasteiger partial charge in [0.25, 0.3) is 0 Å². The van der Waals surface area contributed by atoms with Crippen molar-refractivity contribution in [3.05, 3.63) is 133 Å². The lowest BCUT2D eigenvalue weighted by atomic mass is 9.94. The number of fused-ring (bicyclic) bond motifs is 5. The van der Waals surface area contributed by atoms with E-state index in [1.807, 2.05) is 6.26 Å². The molecule has 5 aromatic carbocycles. The van der Waals surface area contributed by atoms with Gasteiger partial charge in [-0.2, -0.15) is 0 Å². The summed E-state index contributed by atoms with van der Waals surface area (Å²) >= 11 is 0. The molecule has 0 saturated carbocycles. The Kier molecular flexibility index (Phi) is 4.61. The van der Waals surface area contributed by atoms with Gasteiger partial charge in [-0.15, -0.1) is 0 Å². The largest absolute Gasteiger partial charge is 0.498 e. The van der Waals surface area contributed by atoms with E-state index in [2.05, 4.69) is 120 Å². The Bertz CT molecular complexity index is 1920. The number of hydrogen-bond donors (Lipinski definition) is 0. The average molecular weight is 490 g/mol. The standard InChI is InChI=1S/C34H23N3O/c1-2-10-25-22(8-1)9-7-13-26(25)23-16-18-24(19-17-23)33-29-20-38-21-30(29)35-34(36-33)37-31-14-5-3-11-27(31)28-12-4-6-15-32(28)37/h1-20,30H,21H2. The summed E-state index contributed by atoms with van der Waals surface area (Å²) < 4.78 is 7.95. The van der Waals surface area contributed by atoms with Crippen molar-refractivity contribution in [2.24, 2.45) is 9.98 Å². The Morgan fingerprint density at radius 3 is 2.03 bits per heavy atom. The molecule has 3 heterocycles. The van der Waals surface area contributed by atoms with E-state index in [0.717, 1.165) is 27.9 Å². The number of ether oxygens (including phenoxy) is 1. The average Bonchev–Trinajstić information content (AvgIpc) is 3.59. The van der Waals surface area contributed by atoms with E-state index in [0.29, 0.717) is 12.6 Å². The van der Waals surface area contributed by atoms with Gasteiger partial charge < -0.3 is 4.74 Å². The summed E-state index contributed by atoms with van der Waals surface area (Å²) in [5.74, 6) is 0.697. The van der Waals surface area contributed by atoms with Crippen molar-refractivity contribution < 1.29 is 4.74 Å². The minimum absolute atomic E-state index is 0.0739. The van der Waals surface area contributed by atoms with Crippen molar-refractivity contribution in [3.8, 4) is 11.1 Å². The molecule has 0 bridgehead atoms. The van der Waals surface area contributed by atoms with Gasteiger partial charge in [0, 0.05) is 21.9 Å². The molecule has 4 nitrogen and oxygen atoms in total. The predicted octanol–water partition coefficient (Wildman–Crippen LogP) is 7.60. The summed E-state index contributed by atoms with van der Waals surface area (Å²) in [4.78, 5) is 10.2. The maximum absolute atomic E-state index is 5.77. The first-order valence-corrected chi connectivity index (χ1v) is 12.9. The predicted molar refractivity (Wildman–Crippen MR) is 156 cm³/mol. The lowest BCUT2D eigenvalue weighted by molar-refractivity contribution is 0.270. The zero-order valence-electron chi connectivity index (χ0n) is 20.6. The zero-order valence-corrected chi connectivity index (χ0v) is 20.6.